The number of thiophene rings is 1. The van der Waals surface area contributed by atoms with Gasteiger partial charge >= 0.3 is 0 Å². The maximum absolute atomic E-state index is 12.7. The van der Waals surface area contributed by atoms with E-state index < -0.39 is 0 Å². The van der Waals surface area contributed by atoms with Gasteiger partial charge < -0.3 is 15.8 Å². The summed E-state index contributed by atoms with van der Waals surface area (Å²) < 4.78 is 0. The summed E-state index contributed by atoms with van der Waals surface area (Å²) >= 11 is 1.73. The van der Waals surface area contributed by atoms with Gasteiger partial charge in [-0.15, -0.1) is 11.3 Å². The molecule has 0 fully saturated rings. The van der Waals surface area contributed by atoms with E-state index >= 15 is 0 Å². The number of hydrogen-bond donors (Lipinski definition) is 2. The van der Waals surface area contributed by atoms with Crippen LogP contribution in [0.25, 0.3) is 0 Å². The smallest absolute Gasteiger partial charge is 0.230 e. The highest BCUT2D eigenvalue weighted by Gasteiger charge is 2.30. The molecular weight excluding hydrogens is 274 g/mol. The van der Waals surface area contributed by atoms with Gasteiger partial charge in [-0.1, -0.05) is 12.1 Å². The van der Waals surface area contributed by atoms with Crippen LogP contribution in [0.5, 0.6) is 0 Å². The first-order valence-electron chi connectivity index (χ1n) is 6.98. The molecule has 0 bridgehead atoms. The number of amides is 1. The first-order chi connectivity index (χ1) is 9.67. The fourth-order valence-corrected chi connectivity index (χ4v) is 3.72. The van der Waals surface area contributed by atoms with Gasteiger partial charge in [0.15, 0.2) is 5.84 Å². The molecule has 1 aromatic rings. The SMILES string of the molecule is CCCN(C/C(N)=N/O)C(=O)C1CCCc2sccc21. The van der Waals surface area contributed by atoms with Gasteiger partial charge in [-0.25, -0.2) is 0 Å². The molecule has 1 unspecified atom stereocenters. The lowest BCUT2D eigenvalue weighted by atomic mass is 9.86. The van der Waals surface area contributed by atoms with E-state index in [2.05, 4.69) is 16.6 Å². The molecule has 1 amide bonds. The van der Waals surface area contributed by atoms with Crippen molar-refractivity contribution in [3.05, 3.63) is 21.9 Å². The molecule has 0 radical (unpaired) electrons. The number of carbonyl (C=O) groups is 1. The molecule has 6 heteroatoms. The van der Waals surface area contributed by atoms with Crippen LogP contribution in [0.4, 0.5) is 0 Å². The standard InChI is InChI=1S/C14H21N3O2S/c1-2-7-17(9-13(15)16-19)14(18)11-4-3-5-12-10(11)6-8-20-12/h6,8,11,19H,2-5,7,9H2,1H3,(H2,15,16). The third-order valence-corrected chi connectivity index (χ3v) is 4.63. The summed E-state index contributed by atoms with van der Waals surface area (Å²) in [5, 5.41) is 13.7. The Hall–Kier alpha value is -1.56. The average Bonchev–Trinajstić information content (AvgIpc) is 2.94. The first-order valence-corrected chi connectivity index (χ1v) is 7.86. The quantitative estimate of drug-likeness (QED) is 0.378. The number of fused-ring (bicyclic) bond motifs is 1. The van der Waals surface area contributed by atoms with Gasteiger partial charge in [-0.2, -0.15) is 0 Å². The molecule has 0 saturated carbocycles. The van der Waals surface area contributed by atoms with Crippen molar-refractivity contribution in [2.45, 2.75) is 38.5 Å². The summed E-state index contributed by atoms with van der Waals surface area (Å²) in [6, 6.07) is 2.06. The Bertz CT molecular complexity index is 498. The van der Waals surface area contributed by atoms with Crippen molar-refractivity contribution in [2.75, 3.05) is 13.1 Å². The zero-order chi connectivity index (χ0) is 14.5. The predicted molar refractivity (Wildman–Crippen MR) is 80.3 cm³/mol. The molecular formula is C14H21N3O2S. The second-order valence-corrected chi connectivity index (χ2v) is 6.10. The summed E-state index contributed by atoms with van der Waals surface area (Å²) in [6.07, 6.45) is 3.87. The highest BCUT2D eigenvalue weighted by Crippen LogP contribution is 2.36. The van der Waals surface area contributed by atoms with E-state index in [1.165, 1.54) is 10.4 Å². The number of nitrogens with zero attached hydrogens (tertiary/aromatic N) is 2. The van der Waals surface area contributed by atoms with Crippen molar-refractivity contribution in [3.63, 3.8) is 0 Å². The molecule has 5 nitrogen and oxygen atoms in total. The van der Waals surface area contributed by atoms with Crippen LogP contribution in [-0.2, 0) is 11.2 Å². The van der Waals surface area contributed by atoms with Crippen molar-refractivity contribution in [1.29, 1.82) is 0 Å². The van der Waals surface area contributed by atoms with Gasteiger partial charge in [-0.3, -0.25) is 4.79 Å². The molecule has 0 aromatic carbocycles. The lowest BCUT2D eigenvalue weighted by Crippen LogP contribution is -2.42. The predicted octanol–water partition coefficient (Wildman–Crippen LogP) is 2.15. The van der Waals surface area contributed by atoms with Gasteiger partial charge in [0.2, 0.25) is 5.91 Å². The van der Waals surface area contributed by atoms with E-state index in [9.17, 15) is 4.79 Å². The van der Waals surface area contributed by atoms with E-state index in [0.717, 1.165) is 25.7 Å². The van der Waals surface area contributed by atoms with Gasteiger partial charge in [-0.05, 0) is 42.7 Å². The first kappa shape index (κ1) is 14.8. The maximum Gasteiger partial charge on any atom is 0.230 e. The molecule has 1 heterocycles. The Morgan fingerprint density at radius 3 is 3.15 bits per heavy atom. The number of rotatable bonds is 5. The normalized spacial score (nSPS) is 18.6. The molecule has 1 aromatic heterocycles. The molecule has 1 aliphatic rings. The molecule has 1 atom stereocenters. The van der Waals surface area contributed by atoms with Crippen LogP contribution in [0, 0.1) is 0 Å². The number of nitrogens with two attached hydrogens (primary N) is 1. The molecule has 0 aliphatic heterocycles. The lowest BCUT2D eigenvalue weighted by molar-refractivity contribution is -0.132. The van der Waals surface area contributed by atoms with Crippen molar-refractivity contribution < 1.29 is 10.0 Å². The number of aryl methyl sites for hydroxylation is 1. The van der Waals surface area contributed by atoms with Crippen molar-refractivity contribution in [2.24, 2.45) is 10.9 Å². The largest absolute Gasteiger partial charge is 0.409 e. The van der Waals surface area contributed by atoms with Crippen LogP contribution < -0.4 is 5.73 Å². The molecule has 20 heavy (non-hydrogen) atoms. The Balaban J connectivity index is 2.16. The highest BCUT2D eigenvalue weighted by molar-refractivity contribution is 7.10. The van der Waals surface area contributed by atoms with Crippen molar-refractivity contribution in [1.82, 2.24) is 4.90 Å². The van der Waals surface area contributed by atoms with Gasteiger partial charge in [0, 0.05) is 11.4 Å². The minimum Gasteiger partial charge on any atom is -0.409 e. The van der Waals surface area contributed by atoms with Crippen LogP contribution in [0.1, 0.15) is 42.5 Å². The topological polar surface area (TPSA) is 78.9 Å². The second kappa shape index (κ2) is 6.74. The molecule has 110 valence electrons. The molecule has 0 spiro atoms. The molecule has 0 saturated heterocycles. The summed E-state index contributed by atoms with van der Waals surface area (Å²) in [5.74, 6) is 0.106. The number of oxime groups is 1. The fourth-order valence-electron chi connectivity index (χ4n) is 2.73. The maximum atomic E-state index is 12.7. The second-order valence-electron chi connectivity index (χ2n) is 5.10. The third kappa shape index (κ3) is 3.12. The number of carbonyl (C=O) groups excluding carboxylic acids is 1. The third-order valence-electron chi connectivity index (χ3n) is 3.64. The van der Waals surface area contributed by atoms with E-state index in [0.29, 0.717) is 6.54 Å². The van der Waals surface area contributed by atoms with Gasteiger partial charge in [0.05, 0.1) is 12.5 Å². The van der Waals surface area contributed by atoms with Crippen molar-refractivity contribution >= 4 is 23.1 Å². The Morgan fingerprint density at radius 2 is 2.45 bits per heavy atom. The average molecular weight is 295 g/mol. The Morgan fingerprint density at radius 1 is 1.65 bits per heavy atom. The van der Waals surface area contributed by atoms with E-state index in [-0.39, 0.29) is 24.2 Å². The summed E-state index contributed by atoms with van der Waals surface area (Å²) in [7, 11) is 0. The minimum atomic E-state index is -0.0666. The Kier molecular flexibility index (Phi) is 5.00. The van der Waals surface area contributed by atoms with Gasteiger partial charge in [0.1, 0.15) is 0 Å². The minimum absolute atomic E-state index is 0.0666. The zero-order valence-electron chi connectivity index (χ0n) is 11.7. The van der Waals surface area contributed by atoms with Crippen molar-refractivity contribution in [3.8, 4) is 0 Å². The lowest BCUT2D eigenvalue weighted by Gasteiger charge is -2.29. The zero-order valence-corrected chi connectivity index (χ0v) is 12.5. The van der Waals surface area contributed by atoms with Crippen LogP contribution >= 0.6 is 11.3 Å². The summed E-state index contributed by atoms with van der Waals surface area (Å²) in [4.78, 5) is 15.8. The van der Waals surface area contributed by atoms with Crippen LogP contribution in [0.2, 0.25) is 0 Å². The monoisotopic (exact) mass is 295 g/mol. The molecule has 2 rings (SSSR count). The summed E-state index contributed by atoms with van der Waals surface area (Å²) in [6.45, 7) is 2.84. The number of hydrogen-bond acceptors (Lipinski definition) is 4. The van der Waals surface area contributed by atoms with E-state index in [4.69, 9.17) is 10.9 Å². The fraction of sp³-hybridized carbons (Fsp3) is 0.571. The number of amidine groups is 1. The van der Waals surface area contributed by atoms with E-state index in [1.54, 1.807) is 16.2 Å². The van der Waals surface area contributed by atoms with Crippen LogP contribution in [-0.4, -0.2) is 34.9 Å². The van der Waals surface area contributed by atoms with Crippen LogP contribution in [0.15, 0.2) is 16.6 Å². The van der Waals surface area contributed by atoms with Crippen LogP contribution in [0.3, 0.4) is 0 Å². The van der Waals surface area contributed by atoms with E-state index in [1.807, 2.05) is 6.92 Å². The highest BCUT2D eigenvalue weighted by atomic mass is 32.1. The van der Waals surface area contributed by atoms with Gasteiger partial charge in [0.25, 0.3) is 0 Å². The Labute approximate surface area is 123 Å². The molecule has 1 aliphatic carbocycles. The molecule has 3 N–H and O–H groups in total. The summed E-state index contributed by atoms with van der Waals surface area (Å²) in [5.41, 5.74) is 6.73.